The van der Waals surface area contributed by atoms with Crippen molar-refractivity contribution in [2.24, 2.45) is 0 Å². The van der Waals surface area contributed by atoms with E-state index in [0.717, 1.165) is 16.5 Å². The van der Waals surface area contributed by atoms with E-state index < -0.39 is 40.6 Å². The number of allylic oxidation sites excluding steroid dienone is 4. The molecule has 2 amide bonds. The van der Waals surface area contributed by atoms with Gasteiger partial charge in [-0.3, -0.25) is 14.5 Å². The molecule has 1 spiro atoms. The van der Waals surface area contributed by atoms with Gasteiger partial charge in [0.25, 0.3) is 11.8 Å². The van der Waals surface area contributed by atoms with Crippen molar-refractivity contribution in [1.29, 1.82) is 5.26 Å². The minimum atomic E-state index is -4.88. The lowest BCUT2D eigenvalue weighted by Gasteiger charge is -2.43. The Kier molecular flexibility index (Phi) is 8.49. The van der Waals surface area contributed by atoms with Crippen molar-refractivity contribution >= 4 is 34.8 Å². The summed E-state index contributed by atoms with van der Waals surface area (Å²) in [6, 6.07) is 14.8. The third-order valence-corrected chi connectivity index (χ3v) is 7.60. The Balaban J connectivity index is 1.60. The number of hydrogen-bond acceptors (Lipinski definition) is 5. The van der Waals surface area contributed by atoms with Crippen molar-refractivity contribution < 1.29 is 27.2 Å². The summed E-state index contributed by atoms with van der Waals surface area (Å²) in [7, 11) is 1.19. The van der Waals surface area contributed by atoms with Gasteiger partial charge < -0.3 is 15.5 Å². The SMILES string of the molecule is CN/C(C#N)=C(\C=C(/C)N1C(=O)C2(CCC2)N(c2ccc(C(=O)NCCc3ccccc3)c(F)c2)C1=S)C(F)(F)F. The van der Waals surface area contributed by atoms with E-state index in [4.69, 9.17) is 12.2 Å². The van der Waals surface area contributed by atoms with Crippen LogP contribution < -0.4 is 15.5 Å². The van der Waals surface area contributed by atoms with Gasteiger partial charge in [-0.2, -0.15) is 18.4 Å². The average Bonchev–Trinajstić information content (AvgIpc) is 3.15. The van der Waals surface area contributed by atoms with E-state index in [0.29, 0.717) is 38.3 Å². The van der Waals surface area contributed by atoms with Crippen molar-refractivity contribution in [3.63, 3.8) is 0 Å². The van der Waals surface area contributed by atoms with Gasteiger partial charge in [0.15, 0.2) is 5.11 Å². The van der Waals surface area contributed by atoms with Crippen LogP contribution in [0, 0.1) is 17.1 Å². The third-order valence-electron chi connectivity index (χ3n) is 7.23. The number of alkyl halides is 3. The van der Waals surface area contributed by atoms with E-state index in [-0.39, 0.29) is 22.1 Å². The molecule has 214 valence electrons. The molecule has 1 aliphatic heterocycles. The number of hydrogen-bond donors (Lipinski definition) is 2. The normalized spacial score (nSPS) is 17.2. The van der Waals surface area contributed by atoms with E-state index in [9.17, 15) is 28.0 Å². The van der Waals surface area contributed by atoms with Crippen LogP contribution >= 0.6 is 12.2 Å². The number of halogens is 4. The van der Waals surface area contributed by atoms with Crippen LogP contribution in [-0.2, 0) is 11.2 Å². The first-order chi connectivity index (χ1) is 19.4. The monoisotopic (exact) mass is 585 g/mol. The molecule has 0 unspecified atom stereocenters. The maximum absolute atomic E-state index is 15.2. The summed E-state index contributed by atoms with van der Waals surface area (Å²) in [6.07, 6.45) is -2.23. The zero-order valence-electron chi connectivity index (χ0n) is 22.3. The number of amides is 2. The molecule has 0 atom stereocenters. The highest BCUT2D eigenvalue weighted by atomic mass is 32.1. The summed E-state index contributed by atoms with van der Waals surface area (Å²) in [5.74, 6) is -1.96. The average molecular weight is 586 g/mol. The molecular weight excluding hydrogens is 558 g/mol. The summed E-state index contributed by atoms with van der Waals surface area (Å²) < 4.78 is 56.5. The maximum Gasteiger partial charge on any atom is 0.419 e. The number of thiocarbonyl (C=S) groups is 1. The minimum Gasteiger partial charge on any atom is -0.379 e. The molecule has 0 aromatic heterocycles. The third kappa shape index (κ3) is 5.67. The Bertz CT molecular complexity index is 1480. The molecule has 41 heavy (non-hydrogen) atoms. The summed E-state index contributed by atoms with van der Waals surface area (Å²) in [5, 5.41) is 14.0. The predicted molar refractivity (Wildman–Crippen MR) is 149 cm³/mol. The highest BCUT2D eigenvalue weighted by molar-refractivity contribution is 7.80. The van der Waals surface area contributed by atoms with Gasteiger partial charge in [0.05, 0.1) is 11.1 Å². The standard InChI is InChI=1S/C29H27F4N5O2S/c1-18(15-22(29(31,32)33)24(17-34)35-2)37-26(40)28(12-6-13-28)38(27(37)41)20-9-10-21(23(30)16-20)25(39)36-14-11-19-7-4-3-5-8-19/h3-5,7-10,15-16,35H,6,11-14H2,1-2H3,(H,36,39)/b18-15+,24-22+. The van der Waals surface area contributed by atoms with Crippen LogP contribution in [0.25, 0.3) is 0 Å². The Morgan fingerprint density at radius 2 is 1.88 bits per heavy atom. The number of carbonyl (C=O) groups excluding carboxylic acids is 2. The second kappa shape index (κ2) is 11.7. The molecule has 0 bridgehead atoms. The molecule has 1 saturated heterocycles. The van der Waals surface area contributed by atoms with Crippen LogP contribution in [0.3, 0.4) is 0 Å². The molecule has 0 radical (unpaired) electrons. The van der Waals surface area contributed by atoms with E-state index in [2.05, 4.69) is 10.6 Å². The van der Waals surface area contributed by atoms with Gasteiger partial charge in [0, 0.05) is 25.0 Å². The Morgan fingerprint density at radius 1 is 1.20 bits per heavy atom. The van der Waals surface area contributed by atoms with E-state index in [1.165, 1.54) is 37.1 Å². The van der Waals surface area contributed by atoms with E-state index >= 15 is 4.39 Å². The van der Waals surface area contributed by atoms with Gasteiger partial charge in [-0.25, -0.2) is 4.39 Å². The predicted octanol–water partition coefficient (Wildman–Crippen LogP) is 5.12. The molecule has 2 aromatic carbocycles. The molecule has 2 N–H and O–H groups in total. The summed E-state index contributed by atoms with van der Waals surface area (Å²) in [4.78, 5) is 28.7. The van der Waals surface area contributed by atoms with Crippen LogP contribution in [0.4, 0.5) is 23.2 Å². The van der Waals surface area contributed by atoms with Crippen molar-refractivity contribution in [3.8, 4) is 6.07 Å². The van der Waals surface area contributed by atoms with Crippen LogP contribution in [0.5, 0.6) is 0 Å². The van der Waals surface area contributed by atoms with Gasteiger partial charge in [-0.05, 0) is 74.7 Å². The molecular formula is C29H27F4N5O2S. The zero-order chi connectivity index (χ0) is 29.9. The fraction of sp³-hybridized carbons (Fsp3) is 0.310. The molecule has 1 saturated carbocycles. The highest BCUT2D eigenvalue weighted by Gasteiger charge is 2.59. The fourth-order valence-electron chi connectivity index (χ4n) is 5.00. The van der Waals surface area contributed by atoms with Gasteiger partial charge in [-0.15, -0.1) is 0 Å². The molecule has 2 aromatic rings. The van der Waals surface area contributed by atoms with Gasteiger partial charge in [-0.1, -0.05) is 30.3 Å². The van der Waals surface area contributed by atoms with E-state index in [1.807, 2.05) is 30.3 Å². The zero-order valence-corrected chi connectivity index (χ0v) is 23.1. The summed E-state index contributed by atoms with van der Waals surface area (Å²) in [6.45, 7) is 1.59. The second-order valence-electron chi connectivity index (χ2n) is 9.73. The van der Waals surface area contributed by atoms with Crippen LogP contribution in [0.1, 0.15) is 42.1 Å². The van der Waals surface area contributed by atoms with Crippen LogP contribution in [0.15, 0.2) is 71.6 Å². The lowest BCUT2D eigenvalue weighted by molar-refractivity contribution is -0.131. The van der Waals surface area contributed by atoms with Crippen LogP contribution in [0.2, 0.25) is 0 Å². The Morgan fingerprint density at radius 3 is 2.41 bits per heavy atom. The van der Waals surface area contributed by atoms with E-state index in [1.54, 1.807) is 0 Å². The van der Waals surface area contributed by atoms with Crippen molar-refractivity contribution in [2.45, 2.75) is 44.3 Å². The maximum atomic E-state index is 15.2. The van der Waals surface area contributed by atoms with Crippen LogP contribution in [-0.4, -0.2) is 47.1 Å². The number of nitrogens with one attached hydrogen (secondary N) is 2. The molecule has 12 heteroatoms. The second-order valence-corrected chi connectivity index (χ2v) is 10.1. The molecule has 2 aliphatic rings. The number of rotatable bonds is 8. The molecule has 1 aliphatic carbocycles. The Labute approximate surface area is 240 Å². The summed E-state index contributed by atoms with van der Waals surface area (Å²) in [5.41, 5.74) is -2.26. The quantitative estimate of drug-likeness (QED) is 0.194. The van der Waals surface area contributed by atoms with Gasteiger partial charge >= 0.3 is 6.18 Å². The van der Waals surface area contributed by atoms with Gasteiger partial charge in [0.2, 0.25) is 0 Å². The van der Waals surface area contributed by atoms with Crippen molar-refractivity contribution in [1.82, 2.24) is 15.5 Å². The van der Waals surface area contributed by atoms with Crippen molar-refractivity contribution in [3.05, 3.63) is 88.5 Å². The lowest BCUT2D eigenvalue weighted by Crippen LogP contribution is -2.55. The number of nitriles is 1. The molecule has 2 fully saturated rings. The minimum absolute atomic E-state index is 0.118. The Hall–Kier alpha value is -4.24. The smallest absolute Gasteiger partial charge is 0.379 e. The molecule has 4 rings (SSSR count). The largest absolute Gasteiger partial charge is 0.419 e. The first-order valence-corrected chi connectivity index (χ1v) is 13.2. The number of anilines is 1. The highest BCUT2D eigenvalue weighted by Crippen LogP contribution is 2.48. The van der Waals surface area contributed by atoms with Gasteiger partial charge in [0.1, 0.15) is 23.1 Å². The lowest BCUT2D eigenvalue weighted by atomic mass is 9.75. The van der Waals surface area contributed by atoms with Crippen molar-refractivity contribution in [2.75, 3.05) is 18.5 Å². The number of carbonyl (C=O) groups is 2. The number of nitrogens with zero attached hydrogens (tertiary/aromatic N) is 3. The summed E-state index contributed by atoms with van der Waals surface area (Å²) >= 11 is 5.56. The first-order valence-electron chi connectivity index (χ1n) is 12.8. The fourth-order valence-corrected chi connectivity index (χ4v) is 5.51. The first kappa shape index (κ1) is 29.7. The molecule has 7 nitrogen and oxygen atoms in total. The molecule has 1 heterocycles. The number of benzene rings is 2. The topological polar surface area (TPSA) is 88.5 Å².